The van der Waals surface area contributed by atoms with E-state index in [1.165, 1.54) is 0 Å². The summed E-state index contributed by atoms with van der Waals surface area (Å²) in [4.78, 5) is 38.2. The minimum absolute atomic E-state index is 0.0321. The number of carbonyl (C=O) groups is 3. The Balaban J connectivity index is 1.81. The van der Waals surface area contributed by atoms with E-state index in [9.17, 15) is 14.4 Å². The number of hydrogen-bond donors (Lipinski definition) is 3. The van der Waals surface area contributed by atoms with Gasteiger partial charge < -0.3 is 25.4 Å². The standard InChI is InChI=1S/C21H28N4O5S/c1-29-16-9-13(10-18-20(27)24-21(28)31-18)15(11-17(16)30-2)25-8-6-14(12-25)23-19(26)5-3-4-7-22/h9-11,14H,3-8,12,22H2,1-2H3,(H,23,26)(H,24,27,28)/b18-10-/t14-/m0/s1. The van der Waals surface area contributed by atoms with Crippen molar-refractivity contribution >= 4 is 40.6 Å². The molecule has 2 fully saturated rings. The summed E-state index contributed by atoms with van der Waals surface area (Å²) in [5, 5.41) is 4.97. The number of methoxy groups -OCH3 is 2. The van der Waals surface area contributed by atoms with E-state index in [0.717, 1.165) is 48.8 Å². The third kappa shape index (κ3) is 5.71. The predicted molar refractivity (Wildman–Crippen MR) is 120 cm³/mol. The number of thioether (sulfide) groups is 1. The summed E-state index contributed by atoms with van der Waals surface area (Å²) in [5.41, 5.74) is 7.07. The lowest BCUT2D eigenvalue weighted by molar-refractivity contribution is -0.121. The van der Waals surface area contributed by atoms with Gasteiger partial charge in [0.25, 0.3) is 11.1 Å². The number of imide groups is 1. The van der Waals surface area contributed by atoms with Gasteiger partial charge in [0.2, 0.25) is 5.91 Å². The van der Waals surface area contributed by atoms with Gasteiger partial charge >= 0.3 is 0 Å². The van der Waals surface area contributed by atoms with Crippen LogP contribution in [0.25, 0.3) is 6.08 Å². The molecule has 4 N–H and O–H groups in total. The summed E-state index contributed by atoms with van der Waals surface area (Å²) in [5.74, 6) is 0.706. The Bertz CT molecular complexity index is 889. The molecule has 1 atom stereocenters. The molecule has 168 valence electrons. The normalized spacial score (nSPS) is 19.6. The number of amides is 3. The van der Waals surface area contributed by atoms with Crippen LogP contribution in [0.3, 0.4) is 0 Å². The number of carbonyl (C=O) groups excluding carboxylic acids is 3. The number of nitrogens with two attached hydrogens (primary N) is 1. The second-order valence-corrected chi connectivity index (χ2v) is 8.38. The lowest BCUT2D eigenvalue weighted by Crippen LogP contribution is -2.37. The molecular formula is C21H28N4O5S. The first-order valence-electron chi connectivity index (χ1n) is 10.2. The summed E-state index contributed by atoms with van der Waals surface area (Å²) >= 11 is 0.867. The van der Waals surface area contributed by atoms with Crippen LogP contribution < -0.4 is 30.7 Å². The van der Waals surface area contributed by atoms with Gasteiger partial charge in [-0.15, -0.1) is 0 Å². The SMILES string of the molecule is COc1cc(/C=C2\SC(=O)NC2=O)c(N2CC[C@H](NC(=O)CCCCN)C2)cc1OC. The highest BCUT2D eigenvalue weighted by Gasteiger charge is 2.29. The maximum atomic E-state index is 12.2. The minimum atomic E-state index is -0.417. The van der Waals surface area contributed by atoms with Crippen molar-refractivity contribution in [3.05, 3.63) is 22.6 Å². The average molecular weight is 449 g/mol. The van der Waals surface area contributed by atoms with Gasteiger partial charge in [-0.3, -0.25) is 19.7 Å². The van der Waals surface area contributed by atoms with Crippen molar-refractivity contribution in [2.75, 3.05) is 38.8 Å². The van der Waals surface area contributed by atoms with Crippen molar-refractivity contribution in [1.82, 2.24) is 10.6 Å². The molecular weight excluding hydrogens is 420 g/mol. The number of rotatable bonds is 9. The monoisotopic (exact) mass is 448 g/mol. The number of ether oxygens (including phenoxy) is 2. The lowest BCUT2D eigenvalue weighted by Gasteiger charge is -2.23. The molecule has 10 heteroatoms. The van der Waals surface area contributed by atoms with Gasteiger partial charge in [-0.05, 0) is 49.7 Å². The van der Waals surface area contributed by atoms with E-state index in [0.29, 0.717) is 35.9 Å². The third-order valence-electron chi connectivity index (χ3n) is 5.21. The molecule has 1 aromatic carbocycles. The summed E-state index contributed by atoms with van der Waals surface area (Å²) in [6.07, 6.45) is 4.58. The van der Waals surface area contributed by atoms with Crippen molar-refractivity contribution < 1.29 is 23.9 Å². The molecule has 0 unspecified atom stereocenters. The first-order chi connectivity index (χ1) is 14.9. The van der Waals surface area contributed by atoms with E-state index in [1.54, 1.807) is 26.4 Å². The van der Waals surface area contributed by atoms with Crippen LogP contribution in [0.5, 0.6) is 11.5 Å². The van der Waals surface area contributed by atoms with E-state index >= 15 is 0 Å². The van der Waals surface area contributed by atoms with Crippen LogP contribution in [-0.4, -0.2) is 56.9 Å². The first-order valence-corrected chi connectivity index (χ1v) is 11.0. The maximum absolute atomic E-state index is 12.2. The molecule has 0 radical (unpaired) electrons. The van der Waals surface area contributed by atoms with Crippen LogP contribution in [0, 0.1) is 0 Å². The summed E-state index contributed by atoms with van der Waals surface area (Å²) in [7, 11) is 3.11. The van der Waals surface area contributed by atoms with Crippen molar-refractivity contribution in [3.8, 4) is 11.5 Å². The summed E-state index contributed by atoms with van der Waals surface area (Å²) in [6, 6.07) is 3.68. The molecule has 0 saturated carbocycles. The molecule has 3 amide bonds. The topological polar surface area (TPSA) is 123 Å². The molecule has 0 aromatic heterocycles. The van der Waals surface area contributed by atoms with Crippen molar-refractivity contribution in [2.24, 2.45) is 5.73 Å². The fourth-order valence-electron chi connectivity index (χ4n) is 3.66. The summed E-state index contributed by atoms with van der Waals surface area (Å²) in [6.45, 7) is 1.95. The van der Waals surface area contributed by atoms with E-state index in [4.69, 9.17) is 15.2 Å². The molecule has 3 rings (SSSR count). The zero-order valence-electron chi connectivity index (χ0n) is 17.7. The molecule has 0 bridgehead atoms. The smallest absolute Gasteiger partial charge is 0.290 e. The quantitative estimate of drug-likeness (QED) is 0.386. The minimum Gasteiger partial charge on any atom is -0.493 e. The first kappa shape index (κ1) is 23.0. The largest absolute Gasteiger partial charge is 0.493 e. The van der Waals surface area contributed by atoms with Gasteiger partial charge in [0, 0.05) is 42.9 Å². The average Bonchev–Trinajstić information content (AvgIpc) is 3.33. The number of nitrogens with zero attached hydrogens (tertiary/aromatic N) is 1. The highest BCUT2D eigenvalue weighted by Crippen LogP contribution is 2.39. The fraction of sp³-hybridized carbons (Fsp3) is 0.476. The van der Waals surface area contributed by atoms with Gasteiger partial charge in [-0.1, -0.05) is 0 Å². The van der Waals surface area contributed by atoms with E-state index in [-0.39, 0.29) is 11.9 Å². The highest BCUT2D eigenvalue weighted by atomic mass is 32.2. The van der Waals surface area contributed by atoms with Crippen LogP contribution in [0.2, 0.25) is 0 Å². The fourth-order valence-corrected chi connectivity index (χ4v) is 4.34. The van der Waals surface area contributed by atoms with Gasteiger partial charge in [-0.2, -0.15) is 0 Å². The molecule has 2 aliphatic rings. The Morgan fingerprint density at radius 1 is 1.29 bits per heavy atom. The molecule has 2 heterocycles. The number of hydrogen-bond acceptors (Lipinski definition) is 8. The Hall–Kier alpha value is -2.72. The molecule has 9 nitrogen and oxygen atoms in total. The van der Waals surface area contributed by atoms with E-state index in [2.05, 4.69) is 15.5 Å². The van der Waals surface area contributed by atoms with Gasteiger partial charge in [0.1, 0.15) is 0 Å². The third-order valence-corrected chi connectivity index (χ3v) is 6.02. The van der Waals surface area contributed by atoms with Gasteiger partial charge in [0.15, 0.2) is 11.5 Å². The second kappa shape index (κ2) is 10.5. The summed E-state index contributed by atoms with van der Waals surface area (Å²) < 4.78 is 10.9. The molecule has 0 spiro atoms. The zero-order chi connectivity index (χ0) is 22.4. The maximum Gasteiger partial charge on any atom is 0.290 e. The molecule has 0 aliphatic carbocycles. The highest BCUT2D eigenvalue weighted by molar-refractivity contribution is 8.18. The number of unbranched alkanes of at least 4 members (excludes halogenated alkanes) is 1. The van der Waals surface area contributed by atoms with Crippen LogP contribution in [0.1, 0.15) is 31.2 Å². The Morgan fingerprint density at radius 3 is 2.68 bits per heavy atom. The lowest BCUT2D eigenvalue weighted by atomic mass is 10.1. The Kier molecular flexibility index (Phi) is 7.80. The Morgan fingerprint density at radius 2 is 2.03 bits per heavy atom. The molecule has 2 saturated heterocycles. The molecule has 31 heavy (non-hydrogen) atoms. The number of anilines is 1. The van der Waals surface area contributed by atoms with Crippen LogP contribution in [0.15, 0.2) is 17.0 Å². The molecule has 1 aromatic rings. The van der Waals surface area contributed by atoms with Gasteiger partial charge in [0.05, 0.1) is 19.1 Å². The van der Waals surface area contributed by atoms with Crippen LogP contribution in [-0.2, 0) is 9.59 Å². The predicted octanol–water partition coefficient (Wildman–Crippen LogP) is 1.85. The van der Waals surface area contributed by atoms with E-state index in [1.807, 2.05) is 6.07 Å². The van der Waals surface area contributed by atoms with E-state index < -0.39 is 11.1 Å². The van der Waals surface area contributed by atoms with Crippen molar-refractivity contribution in [3.63, 3.8) is 0 Å². The number of benzene rings is 1. The van der Waals surface area contributed by atoms with Gasteiger partial charge in [-0.25, -0.2) is 0 Å². The van der Waals surface area contributed by atoms with Crippen LogP contribution in [0.4, 0.5) is 10.5 Å². The molecule has 2 aliphatic heterocycles. The van der Waals surface area contributed by atoms with Crippen LogP contribution >= 0.6 is 11.8 Å². The van der Waals surface area contributed by atoms with Crippen molar-refractivity contribution in [2.45, 2.75) is 31.7 Å². The van der Waals surface area contributed by atoms with Crippen molar-refractivity contribution in [1.29, 1.82) is 0 Å². The Labute approximate surface area is 185 Å². The zero-order valence-corrected chi connectivity index (χ0v) is 18.5. The number of nitrogens with one attached hydrogen (secondary N) is 2. The second-order valence-electron chi connectivity index (χ2n) is 7.36.